The summed E-state index contributed by atoms with van der Waals surface area (Å²) in [5, 5.41) is 11.8. The molecule has 6 heteroatoms. The number of aryl methyl sites for hydroxylation is 1. The van der Waals surface area contributed by atoms with Crippen LogP contribution in [0.2, 0.25) is 0 Å². The van der Waals surface area contributed by atoms with Crippen LogP contribution in [0.1, 0.15) is 16.4 Å². The summed E-state index contributed by atoms with van der Waals surface area (Å²) < 4.78 is 1.80. The van der Waals surface area contributed by atoms with Crippen LogP contribution in [0.15, 0.2) is 11.6 Å². The molecule has 0 unspecified atom stereocenters. The molecule has 2 heterocycles. The Morgan fingerprint density at radius 1 is 1.57 bits per heavy atom. The minimum atomic E-state index is 0.707. The fourth-order valence-electron chi connectivity index (χ4n) is 1.09. The van der Waals surface area contributed by atoms with Gasteiger partial charge in [-0.05, 0) is 6.92 Å². The maximum absolute atomic E-state index is 4.36. The molecule has 0 spiro atoms. The first-order chi connectivity index (χ1) is 6.78. The van der Waals surface area contributed by atoms with Gasteiger partial charge in [-0.2, -0.15) is 0 Å². The fourth-order valence-corrected chi connectivity index (χ4v) is 2.11. The molecule has 0 radical (unpaired) electrons. The van der Waals surface area contributed by atoms with E-state index in [0.29, 0.717) is 6.54 Å². The first-order valence-corrected chi connectivity index (χ1v) is 6.14. The Kier molecular flexibility index (Phi) is 2.93. The van der Waals surface area contributed by atoms with Gasteiger partial charge >= 0.3 is 0 Å². The number of rotatable bonds is 3. The molecule has 2 aromatic heterocycles. The summed E-state index contributed by atoms with van der Waals surface area (Å²) in [4.78, 5) is 4.36. The van der Waals surface area contributed by atoms with Gasteiger partial charge in [-0.25, -0.2) is 9.67 Å². The smallest absolute Gasteiger partial charge is 0.114 e. The highest BCUT2D eigenvalue weighted by Crippen LogP contribution is 2.10. The van der Waals surface area contributed by atoms with E-state index in [0.717, 1.165) is 21.7 Å². The molecule has 0 saturated carbocycles. The highest BCUT2D eigenvalue weighted by atomic mass is 79.9. The Morgan fingerprint density at radius 2 is 2.43 bits per heavy atom. The van der Waals surface area contributed by atoms with Crippen molar-refractivity contribution in [1.82, 2.24) is 20.0 Å². The van der Waals surface area contributed by atoms with Gasteiger partial charge in [0, 0.05) is 22.6 Å². The van der Waals surface area contributed by atoms with Crippen molar-refractivity contribution in [3.63, 3.8) is 0 Å². The monoisotopic (exact) mass is 272 g/mol. The Morgan fingerprint density at radius 3 is 3.00 bits per heavy atom. The lowest BCUT2D eigenvalue weighted by atomic mass is 10.5. The summed E-state index contributed by atoms with van der Waals surface area (Å²) in [6.07, 6.45) is 1.92. The molecule has 0 saturated heterocycles. The average Bonchev–Trinajstić information content (AvgIpc) is 2.76. The van der Waals surface area contributed by atoms with E-state index >= 15 is 0 Å². The summed E-state index contributed by atoms with van der Waals surface area (Å²) in [5.74, 6) is 0. The van der Waals surface area contributed by atoms with Gasteiger partial charge in [-0.3, -0.25) is 0 Å². The molecule has 74 valence electrons. The van der Waals surface area contributed by atoms with E-state index in [1.165, 1.54) is 0 Å². The second-order valence-electron chi connectivity index (χ2n) is 2.92. The number of hydrogen-bond acceptors (Lipinski definition) is 4. The number of alkyl halides is 1. The van der Waals surface area contributed by atoms with Crippen molar-refractivity contribution in [1.29, 1.82) is 0 Å². The largest absolute Gasteiger partial charge is 0.245 e. The lowest BCUT2D eigenvalue weighted by Crippen LogP contribution is -1.99. The van der Waals surface area contributed by atoms with Gasteiger partial charge in [0.25, 0.3) is 0 Å². The summed E-state index contributed by atoms with van der Waals surface area (Å²) in [6.45, 7) is 2.70. The average molecular weight is 273 g/mol. The molecule has 0 amide bonds. The summed E-state index contributed by atoms with van der Waals surface area (Å²) >= 11 is 4.98. The van der Waals surface area contributed by atoms with Crippen molar-refractivity contribution < 1.29 is 0 Å². The SMILES string of the molecule is Cc1csc(Cn2cc(CBr)nn2)n1. The molecule has 0 N–H and O–H groups in total. The van der Waals surface area contributed by atoms with E-state index in [2.05, 4.69) is 31.2 Å². The summed E-state index contributed by atoms with van der Waals surface area (Å²) in [6, 6.07) is 0. The zero-order valence-electron chi connectivity index (χ0n) is 7.64. The van der Waals surface area contributed by atoms with Gasteiger partial charge in [0.1, 0.15) is 5.01 Å². The topological polar surface area (TPSA) is 43.6 Å². The molecule has 4 nitrogen and oxygen atoms in total. The Balaban J connectivity index is 2.10. The second kappa shape index (κ2) is 4.18. The van der Waals surface area contributed by atoms with Crippen LogP contribution in [0.3, 0.4) is 0 Å². The van der Waals surface area contributed by atoms with Crippen molar-refractivity contribution in [2.45, 2.75) is 18.8 Å². The first-order valence-electron chi connectivity index (χ1n) is 4.14. The number of aromatic nitrogens is 4. The zero-order valence-corrected chi connectivity index (χ0v) is 10.0. The van der Waals surface area contributed by atoms with Gasteiger partial charge in [-0.1, -0.05) is 21.1 Å². The van der Waals surface area contributed by atoms with Crippen LogP contribution < -0.4 is 0 Å². The van der Waals surface area contributed by atoms with E-state index in [-0.39, 0.29) is 0 Å². The minimum absolute atomic E-state index is 0.707. The molecule has 0 aromatic carbocycles. The third kappa shape index (κ3) is 2.19. The predicted octanol–water partition coefficient (Wildman–Crippen LogP) is 1.99. The maximum atomic E-state index is 4.36. The lowest BCUT2D eigenvalue weighted by Gasteiger charge is -1.93. The Hall–Kier alpha value is -0.750. The van der Waals surface area contributed by atoms with Crippen LogP contribution >= 0.6 is 27.3 Å². The molecule has 0 bridgehead atoms. The van der Waals surface area contributed by atoms with Gasteiger partial charge in [0.15, 0.2) is 0 Å². The third-order valence-corrected chi connectivity index (χ3v) is 3.21. The van der Waals surface area contributed by atoms with Gasteiger partial charge in [0.05, 0.1) is 12.2 Å². The molecule has 0 fully saturated rings. The van der Waals surface area contributed by atoms with Crippen molar-refractivity contribution >= 4 is 27.3 Å². The molecule has 2 aromatic rings. The Bertz CT molecular complexity index is 422. The standard InChI is InChI=1S/C8H9BrN4S/c1-6-5-14-8(10-6)4-13-3-7(2-9)11-12-13/h3,5H,2,4H2,1H3. The zero-order chi connectivity index (χ0) is 9.97. The maximum Gasteiger partial charge on any atom is 0.114 e. The highest BCUT2D eigenvalue weighted by Gasteiger charge is 2.02. The lowest BCUT2D eigenvalue weighted by molar-refractivity contribution is 0.646. The van der Waals surface area contributed by atoms with Crippen LogP contribution in [0.25, 0.3) is 0 Å². The van der Waals surface area contributed by atoms with Gasteiger partial charge in [0.2, 0.25) is 0 Å². The minimum Gasteiger partial charge on any atom is -0.245 e. The Labute approximate surface area is 94.1 Å². The second-order valence-corrected chi connectivity index (χ2v) is 4.43. The number of nitrogens with zero attached hydrogens (tertiary/aromatic N) is 4. The molecular formula is C8H9BrN4S. The molecule has 0 aliphatic carbocycles. The summed E-state index contributed by atoms with van der Waals surface area (Å²) in [7, 11) is 0. The number of thiazole rings is 1. The number of hydrogen-bond donors (Lipinski definition) is 0. The van der Waals surface area contributed by atoms with Crippen molar-refractivity contribution in [3.8, 4) is 0 Å². The molecule has 0 atom stereocenters. The predicted molar refractivity (Wildman–Crippen MR) is 58.6 cm³/mol. The van der Waals surface area contributed by atoms with Crippen LogP contribution in [-0.4, -0.2) is 20.0 Å². The van der Waals surface area contributed by atoms with E-state index in [1.54, 1.807) is 16.0 Å². The van der Waals surface area contributed by atoms with E-state index in [4.69, 9.17) is 0 Å². The van der Waals surface area contributed by atoms with E-state index in [9.17, 15) is 0 Å². The van der Waals surface area contributed by atoms with Gasteiger partial charge in [-0.15, -0.1) is 16.4 Å². The quantitative estimate of drug-likeness (QED) is 0.803. The van der Waals surface area contributed by atoms with Gasteiger partial charge < -0.3 is 0 Å². The molecular weight excluding hydrogens is 264 g/mol. The normalized spacial score (nSPS) is 10.7. The summed E-state index contributed by atoms with van der Waals surface area (Å²) in [5.41, 5.74) is 2.00. The van der Waals surface area contributed by atoms with Crippen LogP contribution in [0.5, 0.6) is 0 Å². The van der Waals surface area contributed by atoms with Crippen LogP contribution in [0, 0.1) is 6.92 Å². The highest BCUT2D eigenvalue weighted by molar-refractivity contribution is 9.08. The third-order valence-electron chi connectivity index (χ3n) is 1.69. The first kappa shape index (κ1) is 9.79. The number of halogens is 1. The van der Waals surface area contributed by atoms with Crippen LogP contribution in [-0.2, 0) is 11.9 Å². The molecule has 0 aliphatic heterocycles. The fraction of sp³-hybridized carbons (Fsp3) is 0.375. The van der Waals surface area contributed by atoms with Crippen molar-refractivity contribution in [2.75, 3.05) is 0 Å². The van der Waals surface area contributed by atoms with Crippen LogP contribution in [0.4, 0.5) is 0 Å². The van der Waals surface area contributed by atoms with Crippen molar-refractivity contribution in [2.24, 2.45) is 0 Å². The molecule has 2 rings (SSSR count). The van der Waals surface area contributed by atoms with Crippen molar-refractivity contribution in [3.05, 3.63) is 28.0 Å². The molecule has 0 aliphatic rings. The molecule has 14 heavy (non-hydrogen) atoms. The van der Waals surface area contributed by atoms with E-state index in [1.807, 2.05) is 18.5 Å². The van der Waals surface area contributed by atoms with E-state index < -0.39 is 0 Å².